The summed E-state index contributed by atoms with van der Waals surface area (Å²) in [5.41, 5.74) is 5.79. The minimum atomic E-state index is -0.460. The Labute approximate surface area is 70.8 Å². The third-order valence-corrected chi connectivity index (χ3v) is 1.23. The molecule has 1 unspecified atom stereocenters. The molecule has 1 amide bonds. The van der Waals surface area contributed by atoms with Crippen LogP contribution in [0.1, 0.15) is 17.3 Å². The number of hydrogen-bond acceptors (Lipinski definition) is 3. The van der Waals surface area contributed by atoms with Crippen molar-refractivity contribution in [3.63, 3.8) is 0 Å². The minimum Gasteiger partial charge on any atom is -0.310 e. The quantitative estimate of drug-likeness (QED) is 0.675. The Balaban J connectivity index is 2.66. The third-order valence-electron chi connectivity index (χ3n) is 1.23. The average molecular weight is 164 g/mol. The van der Waals surface area contributed by atoms with Crippen molar-refractivity contribution in [2.75, 3.05) is 0 Å². The zero-order valence-electron chi connectivity index (χ0n) is 6.77. The molecule has 0 saturated heterocycles. The van der Waals surface area contributed by atoms with E-state index in [9.17, 15) is 4.79 Å². The maximum atomic E-state index is 11.2. The highest BCUT2D eigenvalue weighted by Gasteiger charge is 2.07. The van der Waals surface area contributed by atoms with E-state index in [2.05, 4.69) is 10.3 Å². The van der Waals surface area contributed by atoms with E-state index in [0.29, 0.717) is 5.56 Å². The van der Waals surface area contributed by atoms with Gasteiger partial charge < -0.3 is 5.73 Å². The molecule has 12 heavy (non-hydrogen) atoms. The summed E-state index contributed by atoms with van der Waals surface area (Å²) in [5.74, 6) is -0.321. The zero-order chi connectivity index (χ0) is 8.97. The SMILES string of the molecule is CC(N)[N]C(=O)c1cccnc1. The predicted molar refractivity (Wildman–Crippen MR) is 44.4 cm³/mol. The summed E-state index contributed by atoms with van der Waals surface area (Å²) in [4.78, 5) is 15.0. The van der Waals surface area contributed by atoms with Crippen LogP contribution in [-0.4, -0.2) is 17.1 Å². The number of nitrogens with two attached hydrogens (primary N) is 1. The van der Waals surface area contributed by atoms with Gasteiger partial charge in [-0.2, -0.15) is 0 Å². The lowest BCUT2D eigenvalue weighted by Gasteiger charge is -2.03. The molecule has 0 spiro atoms. The van der Waals surface area contributed by atoms with Crippen LogP contribution in [0.25, 0.3) is 0 Å². The van der Waals surface area contributed by atoms with Gasteiger partial charge in [0.05, 0.1) is 11.7 Å². The highest BCUT2D eigenvalue weighted by molar-refractivity contribution is 5.93. The van der Waals surface area contributed by atoms with Crippen molar-refractivity contribution < 1.29 is 4.79 Å². The smallest absolute Gasteiger partial charge is 0.275 e. The van der Waals surface area contributed by atoms with Gasteiger partial charge in [0.2, 0.25) is 0 Å². The zero-order valence-corrected chi connectivity index (χ0v) is 6.77. The average Bonchev–Trinajstić information content (AvgIpc) is 2.05. The normalized spacial score (nSPS) is 12.2. The van der Waals surface area contributed by atoms with Crippen molar-refractivity contribution in [3.8, 4) is 0 Å². The molecule has 1 rings (SSSR count). The molecule has 2 N–H and O–H groups in total. The summed E-state index contributed by atoms with van der Waals surface area (Å²) >= 11 is 0. The van der Waals surface area contributed by atoms with Crippen molar-refractivity contribution in [3.05, 3.63) is 30.1 Å². The van der Waals surface area contributed by atoms with Gasteiger partial charge in [-0.1, -0.05) is 0 Å². The fourth-order valence-corrected chi connectivity index (χ4v) is 0.749. The molecular weight excluding hydrogens is 154 g/mol. The maximum absolute atomic E-state index is 11.2. The van der Waals surface area contributed by atoms with Crippen LogP contribution in [0.2, 0.25) is 0 Å². The highest BCUT2D eigenvalue weighted by atomic mass is 16.1. The van der Waals surface area contributed by atoms with Gasteiger partial charge in [-0.25, -0.2) is 5.32 Å². The standard InChI is InChI=1S/C8H10N3O/c1-6(9)11-8(12)7-3-2-4-10-5-7/h2-6H,9H2,1H3. The highest BCUT2D eigenvalue weighted by Crippen LogP contribution is 1.95. The van der Waals surface area contributed by atoms with Crippen LogP contribution in [0, 0.1) is 0 Å². The van der Waals surface area contributed by atoms with Crippen LogP contribution in [0.5, 0.6) is 0 Å². The molecule has 0 saturated carbocycles. The molecule has 1 aromatic heterocycles. The Kier molecular flexibility index (Phi) is 2.76. The van der Waals surface area contributed by atoms with Crippen LogP contribution in [-0.2, 0) is 0 Å². The van der Waals surface area contributed by atoms with E-state index >= 15 is 0 Å². The van der Waals surface area contributed by atoms with Crippen molar-refractivity contribution >= 4 is 5.91 Å². The number of carbonyl (C=O) groups is 1. The second-order valence-corrected chi connectivity index (χ2v) is 2.42. The lowest BCUT2D eigenvalue weighted by Crippen LogP contribution is -2.32. The first-order valence-corrected chi connectivity index (χ1v) is 3.61. The van der Waals surface area contributed by atoms with E-state index in [1.807, 2.05) is 0 Å². The number of aromatic nitrogens is 1. The topological polar surface area (TPSA) is 70.1 Å². The Morgan fingerprint density at radius 3 is 3.00 bits per heavy atom. The molecule has 4 heteroatoms. The molecule has 0 aliphatic heterocycles. The van der Waals surface area contributed by atoms with Crippen LogP contribution in [0.3, 0.4) is 0 Å². The summed E-state index contributed by atoms with van der Waals surface area (Å²) < 4.78 is 0. The molecule has 63 valence electrons. The van der Waals surface area contributed by atoms with E-state index in [1.165, 1.54) is 6.20 Å². The van der Waals surface area contributed by atoms with E-state index in [4.69, 9.17) is 5.73 Å². The summed E-state index contributed by atoms with van der Waals surface area (Å²) in [6.07, 6.45) is 2.61. The van der Waals surface area contributed by atoms with Gasteiger partial charge in [-0.3, -0.25) is 9.78 Å². The van der Waals surface area contributed by atoms with Crippen molar-refractivity contribution in [1.82, 2.24) is 10.3 Å². The Bertz CT molecular complexity index is 258. The molecule has 1 radical (unpaired) electrons. The van der Waals surface area contributed by atoms with Crippen LogP contribution in [0.4, 0.5) is 0 Å². The monoisotopic (exact) mass is 164 g/mol. The van der Waals surface area contributed by atoms with Gasteiger partial charge >= 0.3 is 0 Å². The lowest BCUT2D eigenvalue weighted by molar-refractivity contribution is 0.0935. The number of carbonyl (C=O) groups excluding carboxylic acids is 1. The first-order chi connectivity index (χ1) is 5.70. The first-order valence-electron chi connectivity index (χ1n) is 3.61. The number of rotatable bonds is 2. The Morgan fingerprint density at radius 2 is 2.50 bits per heavy atom. The fourth-order valence-electron chi connectivity index (χ4n) is 0.749. The van der Waals surface area contributed by atoms with E-state index in [-0.39, 0.29) is 5.91 Å². The number of hydrogen-bond donors (Lipinski definition) is 1. The fraction of sp³-hybridized carbons (Fsp3) is 0.250. The van der Waals surface area contributed by atoms with Gasteiger partial charge in [0.25, 0.3) is 5.91 Å². The summed E-state index contributed by atoms with van der Waals surface area (Å²) in [7, 11) is 0. The van der Waals surface area contributed by atoms with E-state index in [1.54, 1.807) is 25.3 Å². The molecular formula is C8H10N3O. The molecule has 0 aliphatic carbocycles. The summed E-state index contributed by atoms with van der Waals surface area (Å²) in [6, 6.07) is 3.34. The third kappa shape index (κ3) is 2.32. The molecule has 0 fully saturated rings. The largest absolute Gasteiger partial charge is 0.310 e. The maximum Gasteiger partial charge on any atom is 0.275 e. The van der Waals surface area contributed by atoms with Gasteiger partial charge in [-0.15, -0.1) is 0 Å². The van der Waals surface area contributed by atoms with Crippen molar-refractivity contribution in [2.24, 2.45) is 5.73 Å². The lowest BCUT2D eigenvalue weighted by atomic mass is 10.3. The van der Waals surface area contributed by atoms with Crippen LogP contribution in [0.15, 0.2) is 24.5 Å². The number of amides is 1. The Morgan fingerprint density at radius 1 is 1.75 bits per heavy atom. The molecule has 0 aliphatic rings. The summed E-state index contributed by atoms with van der Waals surface area (Å²) in [6.45, 7) is 1.65. The van der Waals surface area contributed by atoms with Gasteiger partial charge in [0.15, 0.2) is 0 Å². The van der Waals surface area contributed by atoms with Crippen molar-refractivity contribution in [1.29, 1.82) is 0 Å². The number of nitrogens with zero attached hydrogens (tertiary/aromatic N) is 2. The summed E-state index contributed by atoms with van der Waals surface area (Å²) in [5, 5.41) is 3.65. The van der Waals surface area contributed by atoms with Crippen LogP contribution < -0.4 is 11.1 Å². The molecule has 1 aromatic rings. The Hall–Kier alpha value is -1.42. The van der Waals surface area contributed by atoms with Crippen LogP contribution >= 0.6 is 0 Å². The van der Waals surface area contributed by atoms with Gasteiger partial charge in [0, 0.05) is 12.4 Å². The molecule has 1 heterocycles. The van der Waals surface area contributed by atoms with Gasteiger partial charge in [-0.05, 0) is 19.1 Å². The van der Waals surface area contributed by atoms with Gasteiger partial charge in [0.1, 0.15) is 0 Å². The first kappa shape index (κ1) is 8.67. The van der Waals surface area contributed by atoms with Crippen molar-refractivity contribution in [2.45, 2.75) is 13.1 Å². The minimum absolute atomic E-state index is 0.321. The molecule has 4 nitrogen and oxygen atoms in total. The molecule has 0 bridgehead atoms. The van der Waals surface area contributed by atoms with E-state index < -0.39 is 6.17 Å². The predicted octanol–water partition coefficient (Wildman–Crippen LogP) is 0.131. The van der Waals surface area contributed by atoms with E-state index in [0.717, 1.165) is 0 Å². The molecule has 0 aromatic carbocycles. The second kappa shape index (κ2) is 3.82. The number of pyridine rings is 1. The molecule has 1 atom stereocenters. The second-order valence-electron chi connectivity index (χ2n) is 2.42.